The molecule has 0 heterocycles. The van der Waals surface area contributed by atoms with E-state index >= 15 is 0 Å². The van der Waals surface area contributed by atoms with Gasteiger partial charge in [-0.25, -0.2) is 4.39 Å². The van der Waals surface area contributed by atoms with E-state index in [4.69, 9.17) is 9.05 Å². The van der Waals surface area contributed by atoms with Gasteiger partial charge in [-0.2, -0.15) is 0 Å². The van der Waals surface area contributed by atoms with Crippen LogP contribution in [0.1, 0.15) is 57.6 Å². The highest BCUT2D eigenvalue weighted by Crippen LogP contribution is 2.62. The third kappa shape index (κ3) is 5.98. The molecule has 0 fully saturated rings. The van der Waals surface area contributed by atoms with Crippen LogP contribution in [-0.4, -0.2) is 12.2 Å². The van der Waals surface area contributed by atoms with Crippen molar-refractivity contribution in [2.24, 2.45) is 0 Å². The van der Waals surface area contributed by atoms with Crippen LogP contribution in [0.25, 0.3) is 0 Å². The normalized spacial score (nSPS) is 14.5. The lowest BCUT2D eigenvalue weighted by atomic mass is 10.1. The molecular formula is C21H29FNO3P. The predicted octanol–water partition coefficient (Wildman–Crippen LogP) is 6.22. The van der Waals surface area contributed by atoms with Gasteiger partial charge >= 0.3 is 7.60 Å². The van der Waals surface area contributed by atoms with Crippen LogP contribution in [0.4, 0.5) is 4.39 Å². The highest BCUT2D eigenvalue weighted by molar-refractivity contribution is 7.54. The summed E-state index contributed by atoms with van der Waals surface area (Å²) >= 11 is 0. The van der Waals surface area contributed by atoms with Crippen LogP contribution in [0.2, 0.25) is 0 Å². The van der Waals surface area contributed by atoms with E-state index in [0.29, 0.717) is 0 Å². The van der Waals surface area contributed by atoms with E-state index in [1.54, 1.807) is 45.9 Å². The molecule has 2 rings (SSSR count). The van der Waals surface area contributed by atoms with Crippen LogP contribution < -0.4 is 5.32 Å². The maximum Gasteiger partial charge on any atom is 0.352 e. The zero-order valence-corrected chi connectivity index (χ0v) is 17.4. The molecule has 1 N–H and O–H groups in total. The molecule has 0 spiro atoms. The van der Waals surface area contributed by atoms with Gasteiger partial charge in [-0.1, -0.05) is 48.5 Å². The molecule has 148 valence electrons. The van der Waals surface area contributed by atoms with Crippen molar-refractivity contribution in [2.45, 2.75) is 58.7 Å². The van der Waals surface area contributed by atoms with Crippen LogP contribution >= 0.6 is 7.60 Å². The Bertz CT molecular complexity index is 753. The Morgan fingerprint density at radius 3 is 1.89 bits per heavy atom. The van der Waals surface area contributed by atoms with Gasteiger partial charge in [0.25, 0.3) is 0 Å². The molecule has 0 bridgehead atoms. The van der Waals surface area contributed by atoms with Gasteiger partial charge in [0.2, 0.25) is 0 Å². The van der Waals surface area contributed by atoms with Crippen molar-refractivity contribution in [1.29, 1.82) is 0 Å². The molecular weight excluding hydrogens is 364 g/mol. The van der Waals surface area contributed by atoms with E-state index < -0.39 is 19.2 Å². The first-order valence-electron chi connectivity index (χ1n) is 9.25. The molecule has 2 aromatic carbocycles. The van der Waals surface area contributed by atoms with Crippen LogP contribution in [0.15, 0.2) is 54.6 Å². The summed E-state index contributed by atoms with van der Waals surface area (Å²) in [5.74, 6) is -1.38. The Balaban J connectivity index is 2.47. The van der Waals surface area contributed by atoms with Crippen molar-refractivity contribution in [3.05, 3.63) is 71.5 Å². The average Bonchev–Trinajstić information content (AvgIpc) is 2.59. The molecule has 2 atom stereocenters. The third-order valence-corrected chi connectivity index (χ3v) is 6.43. The number of hydrogen-bond donors (Lipinski definition) is 1. The van der Waals surface area contributed by atoms with Crippen molar-refractivity contribution in [2.75, 3.05) is 0 Å². The summed E-state index contributed by atoms with van der Waals surface area (Å²) in [5, 5.41) is 3.29. The predicted molar refractivity (Wildman–Crippen MR) is 107 cm³/mol. The summed E-state index contributed by atoms with van der Waals surface area (Å²) in [6.07, 6.45) is -0.671. The zero-order chi connectivity index (χ0) is 20.0. The average molecular weight is 393 g/mol. The van der Waals surface area contributed by atoms with E-state index in [0.717, 1.165) is 5.56 Å². The van der Waals surface area contributed by atoms with Crippen LogP contribution in [-0.2, 0) is 13.6 Å². The fourth-order valence-electron chi connectivity index (χ4n) is 2.86. The number of benzene rings is 2. The Morgan fingerprint density at radius 1 is 0.852 bits per heavy atom. The topological polar surface area (TPSA) is 47.6 Å². The SMILES string of the molecule is CC(C)OP(=O)(OC(C)C)C(N[C@H](C)c1ccccc1)c1ccccc1F. The second kappa shape index (κ2) is 9.61. The molecule has 0 aliphatic carbocycles. The molecule has 0 aliphatic heterocycles. The van der Waals surface area contributed by atoms with Crippen LogP contribution in [0, 0.1) is 5.82 Å². The van der Waals surface area contributed by atoms with E-state index in [9.17, 15) is 8.96 Å². The van der Waals surface area contributed by atoms with Gasteiger partial charge in [-0.15, -0.1) is 0 Å². The zero-order valence-electron chi connectivity index (χ0n) is 16.6. The summed E-state index contributed by atoms with van der Waals surface area (Å²) in [6.45, 7) is 9.09. The quantitative estimate of drug-likeness (QED) is 0.514. The van der Waals surface area contributed by atoms with Gasteiger partial charge in [0, 0.05) is 11.6 Å². The molecule has 0 amide bonds. The molecule has 0 aromatic heterocycles. The third-order valence-electron chi connectivity index (χ3n) is 3.94. The van der Waals surface area contributed by atoms with E-state index in [2.05, 4.69) is 5.32 Å². The lowest BCUT2D eigenvalue weighted by Crippen LogP contribution is -2.28. The summed E-state index contributed by atoms with van der Waals surface area (Å²) in [5.41, 5.74) is 1.27. The standard InChI is InChI=1S/C21H29FNO3P/c1-15(2)25-27(24,26-16(3)4)21(19-13-9-10-14-20(19)22)23-17(5)18-11-7-6-8-12-18/h6-17,21,23H,1-5H3/t17-,21?/m1/s1. The molecule has 0 radical (unpaired) electrons. The maximum atomic E-state index is 14.6. The van der Waals surface area contributed by atoms with E-state index in [-0.39, 0.29) is 23.8 Å². The largest absolute Gasteiger partial charge is 0.352 e. The Kier molecular flexibility index (Phi) is 7.75. The Hall–Kier alpha value is -1.52. The van der Waals surface area contributed by atoms with Crippen molar-refractivity contribution in [3.63, 3.8) is 0 Å². The first kappa shape index (κ1) is 21.8. The molecule has 0 saturated carbocycles. The molecule has 4 nitrogen and oxygen atoms in total. The van der Waals surface area contributed by atoms with Gasteiger partial charge in [-0.3, -0.25) is 9.88 Å². The van der Waals surface area contributed by atoms with Gasteiger partial charge < -0.3 is 9.05 Å². The minimum absolute atomic E-state index is 0.185. The van der Waals surface area contributed by atoms with Crippen molar-refractivity contribution in [1.82, 2.24) is 5.32 Å². The van der Waals surface area contributed by atoms with Crippen molar-refractivity contribution >= 4 is 7.60 Å². The fourth-order valence-corrected chi connectivity index (χ4v) is 5.28. The second-order valence-corrected chi connectivity index (χ2v) is 9.09. The Morgan fingerprint density at radius 2 is 1.37 bits per heavy atom. The van der Waals surface area contributed by atoms with E-state index in [1.807, 2.05) is 37.3 Å². The summed E-state index contributed by atoms with van der Waals surface area (Å²) < 4.78 is 39.9. The highest BCUT2D eigenvalue weighted by Gasteiger charge is 2.41. The minimum atomic E-state index is -3.72. The molecule has 0 aliphatic rings. The number of rotatable bonds is 9. The number of halogens is 1. The summed E-state index contributed by atoms with van der Waals surface area (Å²) in [6, 6.07) is 15.8. The van der Waals surface area contributed by atoms with Crippen LogP contribution in [0.5, 0.6) is 0 Å². The first-order valence-corrected chi connectivity index (χ1v) is 10.9. The van der Waals surface area contributed by atoms with Crippen molar-refractivity contribution in [3.8, 4) is 0 Å². The first-order chi connectivity index (χ1) is 12.7. The molecule has 2 aromatic rings. The maximum absolute atomic E-state index is 14.6. The lowest BCUT2D eigenvalue weighted by Gasteiger charge is -2.33. The Labute approximate surface area is 161 Å². The van der Waals surface area contributed by atoms with Gasteiger partial charge in [0.15, 0.2) is 0 Å². The summed E-state index contributed by atoms with van der Waals surface area (Å²) in [7, 11) is -3.72. The summed E-state index contributed by atoms with van der Waals surface area (Å²) in [4.78, 5) is 0. The molecule has 1 unspecified atom stereocenters. The van der Waals surface area contributed by atoms with Gasteiger partial charge in [0.05, 0.1) is 12.2 Å². The monoisotopic (exact) mass is 393 g/mol. The smallest absolute Gasteiger partial charge is 0.304 e. The molecule has 0 saturated heterocycles. The van der Waals surface area contributed by atoms with Gasteiger partial charge in [0.1, 0.15) is 11.6 Å². The minimum Gasteiger partial charge on any atom is -0.304 e. The molecule has 6 heteroatoms. The van der Waals surface area contributed by atoms with Crippen molar-refractivity contribution < 1.29 is 18.0 Å². The highest BCUT2D eigenvalue weighted by atomic mass is 31.2. The lowest BCUT2D eigenvalue weighted by molar-refractivity contribution is 0.132. The van der Waals surface area contributed by atoms with Gasteiger partial charge in [-0.05, 0) is 46.2 Å². The molecule has 27 heavy (non-hydrogen) atoms. The van der Waals surface area contributed by atoms with Crippen LogP contribution in [0.3, 0.4) is 0 Å². The number of nitrogens with one attached hydrogen (secondary N) is 1. The fraction of sp³-hybridized carbons (Fsp3) is 0.429. The van der Waals surface area contributed by atoms with E-state index in [1.165, 1.54) is 6.07 Å². The second-order valence-electron chi connectivity index (χ2n) is 7.07. The number of hydrogen-bond acceptors (Lipinski definition) is 4.